The average molecular weight is 445 g/mol. The second-order valence-corrected chi connectivity index (χ2v) is 11.5. The Bertz CT molecular complexity index is 1130. The largest absolute Gasteiger partial charge is 0.289 e. The monoisotopic (exact) mass is 444 g/mol. The van der Waals surface area contributed by atoms with Crippen molar-refractivity contribution in [1.82, 2.24) is 0 Å². The van der Waals surface area contributed by atoms with Gasteiger partial charge in [-0.2, -0.15) is 0 Å². The Labute approximate surface area is 197 Å². The van der Waals surface area contributed by atoms with Crippen LogP contribution in [0.5, 0.6) is 5.75 Å². The number of aryl methyl sites for hydroxylation is 2. The van der Waals surface area contributed by atoms with Gasteiger partial charge in [0.2, 0.25) is 0 Å². The van der Waals surface area contributed by atoms with Crippen molar-refractivity contribution in [2.45, 2.75) is 76.0 Å². The van der Waals surface area contributed by atoms with Gasteiger partial charge in [-0.25, -0.2) is 0 Å². The highest BCUT2D eigenvalue weighted by molar-refractivity contribution is 7.99. The third kappa shape index (κ3) is 5.45. The second-order valence-electron chi connectivity index (χ2n) is 10.5. The summed E-state index contributed by atoms with van der Waals surface area (Å²) < 4.78 is 0. The van der Waals surface area contributed by atoms with Gasteiger partial charge in [0.1, 0.15) is 0 Å². The van der Waals surface area contributed by atoms with Crippen molar-refractivity contribution in [3.8, 4) is 5.75 Å². The van der Waals surface area contributed by atoms with Crippen LogP contribution in [0, 0.1) is 13.8 Å². The molecule has 32 heavy (non-hydrogen) atoms. The Morgan fingerprint density at radius 2 is 1.44 bits per heavy atom. The lowest BCUT2D eigenvalue weighted by Crippen LogP contribution is -2.17. The van der Waals surface area contributed by atoms with Gasteiger partial charge in [-0.05, 0) is 59.6 Å². The number of benzene rings is 3. The minimum absolute atomic E-state index is 0.0492. The molecule has 0 aromatic heterocycles. The predicted molar refractivity (Wildman–Crippen MR) is 138 cm³/mol. The van der Waals surface area contributed by atoms with Crippen molar-refractivity contribution in [2.75, 3.05) is 0 Å². The molecule has 0 spiro atoms. The Hall–Kier alpha value is -2.52. The van der Waals surface area contributed by atoms with E-state index in [0.29, 0.717) is 5.56 Å². The van der Waals surface area contributed by atoms with Crippen molar-refractivity contribution in [2.24, 2.45) is 4.99 Å². The Balaban J connectivity index is 2.05. The van der Waals surface area contributed by atoms with E-state index in [-0.39, 0.29) is 16.6 Å². The fraction of sp³-hybridized carbons (Fsp3) is 0.345. The van der Waals surface area contributed by atoms with Gasteiger partial charge >= 0.3 is 0 Å². The van der Waals surface area contributed by atoms with Gasteiger partial charge in [-0.1, -0.05) is 89.7 Å². The molecule has 0 fully saturated rings. The van der Waals surface area contributed by atoms with Gasteiger partial charge in [0.25, 0.3) is 0 Å². The third-order valence-electron chi connectivity index (χ3n) is 5.62. The first-order valence-corrected chi connectivity index (χ1v) is 11.9. The topological polar surface area (TPSA) is 32.3 Å². The molecule has 0 saturated heterocycles. The molecule has 0 amide bonds. The molecule has 0 aliphatic rings. The molecule has 3 aromatic rings. The molecule has 0 saturated carbocycles. The zero-order valence-corrected chi connectivity index (χ0v) is 21.4. The van der Waals surface area contributed by atoms with Crippen LogP contribution < -0.4 is 0 Å². The van der Waals surface area contributed by atoms with E-state index in [4.69, 9.17) is 4.99 Å². The molecule has 0 heterocycles. The van der Waals surface area contributed by atoms with E-state index in [1.165, 1.54) is 16.0 Å². The van der Waals surface area contributed by atoms with Gasteiger partial charge in [-0.3, -0.25) is 10.1 Å². The highest BCUT2D eigenvalue weighted by atomic mass is 32.2. The molecule has 0 bridgehead atoms. The van der Waals surface area contributed by atoms with E-state index in [1.807, 2.05) is 24.3 Å². The van der Waals surface area contributed by atoms with Gasteiger partial charge in [0.05, 0.1) is 5.69 Å². The van der Waals surface area contributed by atoms with E-state index < -0.39 is 0 Å². The lowest BCUT2D eigenvalue weighted by Gasteiger charge is -2.26. The molecule has 0 aliphatic carbocycles. The highest BCUT2D eigenvalue weighted by Gasteiger charge is 2.25. The van der Waals surface area contributed by atoms with Crippen LogP contribution in [0.4, 0.5) is 5.69 Å². The maximum Gasteiger partial charge on any atom is 0.191 e. The molecule has 0 unspecified atom stereocenters. The summed E-state index contributed by atoms with van der Waals surface area (Å²) in [6, 6.07) is 18.6. The molecule has 3 aromatic carbocycles. The van der Waals surface area contributed by atoms with Crippen LogP contribution in [0.2, 0.25) is 0 Å². The lowest BCUT2D eigenvalue weighted by atomic mass is 9.79. The Morgan fingerprint density at radius 3 is 2.03 bits per heavy atom. The van der Waals surface area contributed by atoms with Gasteiger partial charge in [0, 0.05) is 27.1 Å². The maximum absolute atomic E-state index is 13.3. The van der Waals surface area contributed by atoms with Gasteiger partial charge < -0.3 is 0 Å². The predicted octanol–water partition coefficient (Wildman–Crippen LogP) is 8.94. The number of rotatable bonds is 4. The van der Waals surface area contributed by atoms with Crippen molar-refractivity contribution in [3.63, 3.8) is 0 Å². The van der Waals surface area contributed by atoms with Crippen LogP contribution in [0.15, 0.2) is 69.4 Å². The SMILES string of the molecule is Cc1cccc(C)c1Sc1ccccc1N=Cc1cc(C(C)(C)C)cc(C(C)(C)C)c1[O]. The average Bonchev–Trinajstić information content (AvgIpc) is 2.69. The molecule has 167 valence electrons. The summed E-state index contributed by atoms with van der Waals surface area (Å²) in [6.07, 6.45) is 1.75. The Kier molecular flexibility index (Phi) is 6.90. The van der Waals surface area contributed by atoms with E-state index in [1.54, 1.807) is 18.0 Å². The lowest BCUT2D eigenvalue weighted by molar-refractivity contribution is 0.339. The molecule has 0 atom stereocenters. The summed E-state index contributed by atoms with van der Waals surface area (Å²) >= 11 is 1.73. The summed E-state index contributed by atoms with van der Waals surface area (Å²) in [5, 5.41) is 13.3. The molecular formula is C29H34NOS. The molecule has 0 aliphatic heterocycles. The third-order valence-corrected chi connectivity index (χ3v) is 7.03. The molecule has 3 heteroatoms. The van der Waals surface area contributed by atoms with Crippen LogP contribution in [0.1, 0.15) is 69.4 Å². The molecular weight excluding hydrogens is 410 g/mol. The normalized spacial score (nSPS) is 12.5. The van der Waals surface area contributed by atoms with Crippen LogP contribution in [0.3, 0.4) is 0 Å². The summed E-state index contributed by atoms with van der Waals surface area (Å²) in [5.74, 6) is 0.0640. The van der Waals surface area contributed by atoms with E-state index in [9.17, 15) is 5.11 Å². The molecule has 3 rings (SSSR count). The fourth-order valence-corrected chi connectivity index (χ4v) is 4.65. The van der Waals surface area contributed by atoms with Crippen molar-refractivity contribution < 1.29 is 5.11 Å². The fourth-order valence-electron chi connectivity index (χ4n) is 3.60. The van der Waals surface area contributed by atoms with Crippen LogP contribution in [0.25, 0.3) is 0 Å². The number of hydrogen-bond acceptors (Lipinski definition) is 2. The van der Waals surface area contributed by atoms with E-state index in [2.05, 4.69) is 85.7 Å². The van der Waals surface area contributed by atoms with Crippen molar-refractivity contribution in [3.05, 3.63) is 82.4 Å². The second kappa shape index (κ2) is 9.15. The minimum Gasteiger partial charge on any atom is -0.289 e. The minimum atomic E-state index is -0.225. The zero-order valence-electron chi connectivity index (χ0n) is 20.5. The first-order chi connectivity index (χ1) is 14.9. The van der Waals surface area contributed by atoms with Crippen molar-refractivity contribution in [1.29, 1.82) is 0 Å². The van der Waals surface area contributed by atoms with E-state index in [0.717, 1.165) is 21.7 Å². The van der Waals surface area contributed by atoms with Crippen molar-refractivity contribution >= 4 is 23.7 Å². The van der Waals surface area contributed by atoms with Crippen LogP contribution in [-0.2, 0) is 15.9 Å². The standard InChI is InChI=1S/C29H34NOS/c1-19-12-11-13-20(2)27(19)32-25-15-10-9-14-24(25)30-18-21-16-22(28(3,4)5)17-23(26(21)31)29(6,7)8/h9-18H,1-8H3. The van der Waals surface area contributed by atoms with Gasteiger partial charge in [-0.15, -0.1) is 0 Å². The van der Waals surface area contributed by atoms with Crippen LogP contribution in [-0.4, -0.2) is 6.21 Å². The smallest absolute Gasteiger partial charge is 0.191 e. The first kappa shape index (κ1) is 24.1. The number of aliphatic imine (C=N–C) groups is 1. The number of nitrogens with zero attached hydrogens (tertiary/aromatic N) is 1. The van der Waals surface area contributed by atoms with Gasteiger partial charge in [0.15, 0.2) is 5.75 Å². The highest BCUT2D eigenvalue weighted by Crippen LogP contribution is 2.40. The number of hydrogen-bond donors (Lipinski definition) is 0. The molecule has 2 nitrogen and oxygen atoms in total. The summed E-state index contributed by atoms with van der Waals surface area (Å²) in [7, 11) is 0. The molecule has 1 radical (unpaired) electrons. The number of para-hydroxylation sites is 1. The maximum atomic E-state index is 13.3. The van der Waals surface area contributed by atoms with Crippen LogP contribution >= 0.6 is 11.8 Å². The molecule has 0 N–H and O–H groups in total. The summed E-state index contributed by atoms with van der Waals surface area (Å²) in [4.78, 5) is 7.13. The quantitative estimate of drug-likeness (QED) is 0.370. The summed E-state index contributed by atoms with van der Waals surface area (Å²) in [5.41, 5.74) is 5.74. The zero-order chi connectivity index (χ0) is 23.7. The van der Waals surface area contributed by atoms with E-state index >= 15 is 0 Å². The summed E-state index contributed by atoms with van der Waals surface area (Å²) in [6.45, 7) is 17.1. The Morgan fingerprint density at radius 1 is 0.812 bits per heavy atom. The first-order valence-electron chi connectivity index (χ1n) is 11.1.